The average Bonchev–Trinajstić information content (AvgIpc) is 2.82. The van der Waals surface area contributed by atoms with Crippen LogP contribution >= 0.6 is 23.1 Å². The maximum Gasteiger partial charge on any atom is 0.316 e. The molecule has 22 heavy (non-hydrogen) atoms. The van der Waals surface area contributed by atoms with Crippen molar-refractivity contribution in [2.24, 2.45) is 5.92 Å². The third-order valence-corrected chi connectivity index (χ3v) is 5.88. The zero-order valence-electron chi connectivity index (χ0n) is 13.1. The minimum atomic E-state index is -0.190. The number of aromatic nitrogens is 2. The molecule has 2 aromatic rings. The van der Waals surface area contributed by atoms with Crippen molar-refractivity contribution in [3.63, 3.8) is 0 Å². The highest BCUT2D eigenvalue weighted by Crippen LogP contribution is 2.40. The molecule has 0 fully saturated rings. The molecule has 0 saturated carbocycles. The van der Waals surface area contributed by atoms with Crippen molar-refractivity contribution in [3.8, 4) is 0 Å². The SMILES string of the molecule is CC(C)OC(=O)CSc1ncnc2sc3c(c12)CC[C@H](C)C3. The van der Waals surface area contributed by atoms with E-state index in [2.05, 4.69) is 16.9 Å². The average molecular weight is 336 g/mol. The highest BCUT2D eigenvalue weighted by molar-refractivity contribution is 8.00. The van der Waals surface area contributed by atoms with E-state index in [-0.39, 0.29) is 12.1 Å². The summed E-state index contributed by atoms with van der Waals surface area (Å²) in [7, 11) is 0. The van der Waals surface area contributed by atoms with Gasteiger partial charge in [0.2, 0.25) is 0 Å². The molecule has 6 heteroatoms. The number of carbonyl (C=O) groups excluding carboxylic acids is 1. The van der Waals surface area contributed by atoms with E-state index in [4.69, 9.17) is 4.74 Å². The lowest BCUT2D eigenvalue weighted by molar-refractivity contribution is -0.144. The number of carbonyl (C=O) groups is 1. The lowest BCUT2D eigenvalue weighted by Crippen LogP contribution is -2.13. The van der Waals surface area contributed by atoms with Gasteiger partial charge in [-0.2, -0.15) is 0 Å². The van der Waals surface area contributed by atoms with E-state index in [0.29, 0.717) is 5.75 Å². The zero-order valence-corrected chi connectivity index (χ0v) is 14.7. The number of hydrogen-bond donors (Lipinski definition) is 0. The van der Waals surface area contributed by atoms with Crippen LogP contribution in [0.25, 0.3) is 10.2 Å². The van der Waals surface area contributed by atoms with Crippen molar-refractivity contribution >= 4 is 39.3 Å². The van der Waals surface area contributed by atoms with E-state index in [9.17, 15) is 4.79 Å². The number of fused-ring (bicyclic) bond motifs is 3. The summed E-state index contributed by atoms with van der Waals surface area (Å²) in [5.41, 5.74) is 1.40. The fourth-order valence-corrected chi connectivity index (χ4v) is 5.00. The van der Waals surface area contributed by atoms with Gasteiger partial charge in [0.1, 0.15) is 16.2 Å². The number of hydrogen-bond acceptors (Lipinski definition) is 6. The predicted molar refractivity (Wildman–Crippen MR) is 90.6 cm³/mol. The second kappa shape index (κ2) is 6.54. The van der Waals surface area contributed by atoms with Crippen LogP contribution in [-0.4, -0.2) is 27.8 Å². The Morgan fingerprint density at radius 1 is 1.50 bits per heavy atom. The summed E-state index contributed by atoms with van der Waals surface area (Å²) < 4.78 is 5.19. The van der Waals surface area contributed by atoms with Gasteiger partial charge in [-0.25, -0.2) is 9.97 Å². The molecule has 0 aromatic carbocycles. The van der Waals surface area contributed by atoms with Gasteiger partial charge in [0.05, 0.1) is 11.9 Å². The van der Waals surface area contributed by atoms with Crippen molar-refractivity contribution in [2.45, 2.75) is 51.2 Å². The van der Waals surface area contributed by atoms with Crippen molar-refractivity contribution < 1.29 is 9.53 Å². The zero-order chi connectivity index (χ0) is 15.7. The Balaban J connectivity index is 1.85. The van der Waals surface area contributed by atoms with E-state index in [0.717, 1.165) is 34.0 Å². The molecular formula is C16H20N2O2S2. The highest BCUT2D eigenvalue weighted by atomic mass is 32.2. The number of nitrogens with zero attached hydrogens (tertiary/aromatic N) is 2. The van der Waals surface area contributed by atoms with Crippen LogP contribution in [0.15, 0.2) is 11.4 Å². The number of ether oxygens (including phenoxy) is 1. The summed E-state index contributed by atoms with van der Waals surface area (Å²) in [6.07, 6.45) is 4.97. The molecule has 0 aliphatic heterocycles. The molecule has 1 atom stereocenters. The Hall–Kier alpha value is -1.14. The standard InChI is InChI=1S/C16H20N2O2S2/c1-9(2)20-13(19)7-21-15-14-11-5-4-10(3)6-12(11)22-16(14)18-8-17-15/h8-10H,4-7H2,1-3H3/t10-/m0/s1. The predicted octanol–water partition coefficient (Wildman–Crippen LogP) is 3.86. The van der Waals surface area contributed by atoms with Gasteiger partial charge in [-0.3, -0.25) is 4.79 Å². The summed E-state index contributed by atoms with van der Waals surface area (Å²) in [6, 6.07) is 0. The van der Waals surface area contributed by atoms with Crippen LogP contribution in [-0.2, 0) is 22.4 Å². The Morgan fingerprint density at radius 2 is 2.32 bits per heavy atom. The first kappa shape index (κ1) is 15.7. The second-order valence-corrected chi connectivity index (χ2v) is 8.09. The molecule has 0 N–H and O–H groups in total. The molecule has 118 valence electrons. The lowest BCUT2D eigenvalue weighted by atomic mass is 9.89. The Morgan fingerprint density at radius 3 is 3.09 bits per heavy atom. The number of aryl methyl sites for hydroxylation is 1. The van der Waals surface area contributed by atoms with Crippen LogP contribution in [0.4, 0.5) is 0 Å². The third-order valence-electron chi connectivity index (χ3n) is 3.75. The molecule has 0 spiro atoms. The molecule has 0 amide bonds. The Bertz CT molecular complexity index is 697. The highest BCUT2D eigenvalue weighted by Gasteiger charge is 2.23. The van der Waals surface area contributed by atoms with Gasteiger partial charge in [0.15, 0.2) is 0 Å². The molecule has 1 aliphatic carbocycles. The van der Waals surface area contributed by atoms with Crippen LogP contribution in [0.5, 0.6) is 0 Å². The van der Waals surface area contributed by atoms with E-state index < -0.39 is 0 Å². The first-order valence-electron chi connectivity index (χ1n) is 7.62. The van der Waals surface area contributed by atoms with Gasteiger partial charge in [0, 0.05) is 10.3 Å². The molecular weight excluding hydrogens is 316 g/mol. The quantitative estimate of drug-likeness (QED) is 0.482. The smallest absolute Gasteiger partial charge is 0.316 e. The number of thioether (sulfide) groups is 1. The number of esters is 1. The molecule has 4 nitrogen and oxygen atoms in total. The van der Waals surface area contributed by atoms with Gasteiger partial charge >= 0.3 is 5.97 Å². The molecule has 2 aromatic heterocycles. The van der Waals surface area contributed by atoms with Crippen molar-refractivity contribution in [3.05, 3.63) is 16.8 Å². The molecule has 0 unspecified atom stereocenters. The van der Waals surface area contributed by atoms with Gasteiger partial charge in [0.25, 0.3) is 0 Å². The summed E-state index contributed by atoms with van der Waals surface area (Å²) in [4.78, 5) is 23.1. The third kappa shape index (κ3) is 3.27. The topological polar surface area (TPSA) is 52.1 Å². The van der Waals surface area contributed by atoms with Crippen LogP contribution in [0, 0.1) is 5.92 Å². The number of thiophene rings is 1. The molecule has 0 bridgehead atoms. The van der Waals surface area contributed by atoms with Gasteiger partial charge < -0.3 is 4.74 Å². The normalized spacial score (nSPS) is 17.7. The first-order chi connectivity index (χ1) is 10.5. The monoisotopic (exact) mass is 336 g/mol. The first-order valence-corrected chi connectivity index (χ1v) is 9.42. The summed E-state index contributed by atoms with van der Waals surface area (Å²) in [5, 5.41) is 2.08. The molecule has 0 radical (unpaired) electrons. The fraction of sp³-hybridized carbons (Fsp3) is 0.562. The fourth-order valence-electron chi connectivity index (χ4n) is 2.78. The summed E-state index contributed by atoms with van der Waals surface area (Å²) in [6.45, 7) is 6.03. The van der Waals surface area contributed by atoms with E-state index >= 15 is 0 Å². The van der Waals surface area contributed by atoms with Crippen molar-refractivity contribution in [1.82, 2.24) is 9.97 Å². The van der Waals surface area contributed by atoms with Crippen LogP contribution in [0.1, 0.15) is 37.6 Å². The second-order valence-electron chi connectivity index (χ2n) is 6.04. The largest absolute Gasteiger partial charge is 0.462 e. The molecule has 0 saturated heterocycles. The van der Waals surface area contributed by atoms with E-state index in [1.54, 1.807) is 17.7 Å². The number of rotatable bonds is 4. The van der Waals surface area contributed by atoms with Crippen LogP contribution < -0.4 is 0 Å². The van der Waals surface area contributed by atoms with Gasteiger partial charge in [-0.15, -0.1) is 11.3 Å². The van der Waals surface area contributed by atoms with Crippen LogP contribution in [0.3, 0.4) is 0 Å². The minimum absolute atomic E-state index is 0.0751. The molecule has 3 rings (SSSR count). The van der Waals surface area contributed by atoms with Crippen molar-refractivity contribution in [2.75, 3.05) is 5.75 Å². The van der Waals surface area contributed by atoms with Gasteiger partial charge in [-0.05, 0) is 44.6 Å². The van der Waals surface area contributed by atoms with E-state index in [1.807, 2.05) is 13.8 Å². The molecule has 2 heterocycles. The van der Waals surface area contributed by atoms with Crippen molar-refractivity contribution in [1.29, 1.82) is 0 Å². The van der Waals surface area contributed by atoms with Gasteiger partial charge in [-0.1, -0.05) is 18.7 Å². The minimum Gasteiger partial charge on any atom is -0.462 e. The lowest BCUT2D eigenvalue weighted by Gasteiger charge is -2.18. The Labute approximate surface area is 138 Å². The maximum atomic E-state index is 11.7. The molecule has 1 aliphatic rings. The Kier molecular flexibility index (Phi) is 4.68. The summed E-state index contributed by atoms with van der Waals surface area (Å²) in [5.74, 6) is 0.848. The van der Waals surface area contributed by atoms with E-state index in [1.165, 1.54) is 28.6 Å². The van der Waals surface area contributed by atoms with Crippen LogP contribution in [0.2, 0.25) is 0 Å². The maximum absolute atomic E-state index is 11.7. The summed E-state index contributed by atoms with van der Waals surface area (Å²) >= 11 is 3.24.